The van der Waals surface area contributed by atoms with Crippen LogP contribution in [-0.2, 0) is 26.0 Å². The van der Waals surface area contributed by atoms with Crippen LogP contribution in [0.25, 0.3) is 0 Å². The van der Waals surface area contributed by atoms with Gasteiger partial charge in [-0.1, -0.05) is 6.07 Å². The second-order valence-corrected chi connectivity index (χ2v) is 10.3. The van der Waals surface area contributed by atoms with E-state index in [2.05, 4.69) is 0 Å². The van der Waals surface area contributed by atoms with Gasteiger partial charge in [0.1, 0.15) is 11.9 Å². The normalized spacial score (nSPS) is 15.4. The van der Waals surface area contributed by atoms with Crippen LogP contribution in [0.15, 0.2) is 71.6 Å². The third-order valence-corrected chi connectivity index (χ3v) is 7.29. The number of sulfonamides is 1. The van der Waals surface area contributed by atoms with Crippen LogP contribution in [0.1, 0.15) is 22.3 Å². The average molecular weight is 556 g/mol. The van der Waals surface area contributed by atoms with Crippen LogP contribution >= 0.6 is 0 Å². The predicted octanol–water partition coefficient (Wildman–Crippen LogP) is 2.51. The molecule has 0 aliphatic carbocycles. The van der Waals surface area contributed by atoms with Gasteiger partial charge in [-0.25, -0.2) is 22.8 Å². The van der Waals surface area contributed by atoms with Gasteiger partial charge >= 0.3 is 0 Å². The Morgan fingerprint density at radius 2 is 1.64 bits per heavy atom. The standard InChI is InChI=1S/C27H26FN3O7S/c1-37-23-12-3-17(15-24(23)38-2)13-14-30(26(33)18-4-6-19(28)7-5-18)22-16-25(32)31(27(22)34)20-8-10-21(11-9-20)39(29,35)36/h3-12,15,22H,13-14,16H2,1-2H3,(H2,29,35,36). The molecular weight excluding hydrogens is 529 g/mol. The second-order valence-electron chi connectivity index (χ2n) is 8.77. The van der Waals surface area contributed by atoms with Crippen molar-refractivity contribution in [2.75, 3.05) is 25.7 Å². The molecule has 1 heterocycles. The zero-order valence-corrected chi connectivity index (χ0v) is 22.0. The number of anilines is 1. The number of rotatable bonds is 9. The maximum atomic E-state index is 13.5. The number of ether oxygens (including phenoxy) is 2. The number of methoxy groups -OCH3 is 2. The molecule has 0 bridgehead atoms. The predicted molar refractivity (Wildman–Crippen MR) is 139 cm³/mol. The molecule has 4 rings (SSSR count). The summed E-state index contributed by atoms with van der Waals surface area (Å²) < 4.78 is 47.3. The van der Waals surface area contributed by atoms with E-state index in [1.54, 1.807) is 18.2 Å². The van der Waals surface area contributed by atoms with Crippen molar-refractivity contribution in [1.29, 1.82) is 0 Å². The molecule has 1 aliphatic rings. The summed E-state index contributed by atoms with van der Waals surface area (Å²) in [6, 6.07) is 14.0. The number of halogens is 1. The maximum Gasteiger partial charge on any atom is 0.257 e. The van der Waals surface area contributed by atoms with E-state index in [0.717, 1.165) is 22.6 Å². The first kappa shape index (κ1) is 27.7. The first-order valence-electron chi connectivity index (χ1n) is 11.8. The first-order chi connectivity index (χ1) is 18.5. The molecule has 3 amide bonds. The highest BCUT2D eigenvalue weighted by atomic mass is 32.2. The summed E-state index contributed by atoms with van der Waals surface area (Å²) >= 11 is 0. The summed E-state index contributed by atoms with van der Waals surface area (Å²) in [6.07, 6.45) is 0.0307. The third-order valence-electron chi connectivity index (χ3n) is 6.36. The third kappa shape index (κ3) is 5.91. The highest BCUT2D eigenvalue weighted by molar-refractivity contribution is 7.89. The zero-order chi connectivity index (χ0) is 28.3. The lowest BCUT2D eigenvalue weighted by atomic mass is 10.1. The maximum absolute atomic E-state index is 13.5. The number of hydrogen-bond acceptors (Lipinski definition) is 7. The van der Waals surface area contributed by atoms with E-state index in [-0.39, 0.29) is 29.1 Å². The van der Waals surface area contributed by atoms with Gasteiger partial charge in [0.05, 0.1) is 31.2 Å². The number of hydrogen-bond donors (Lipinski definition) is 1. The van der Waals surface area contributed by atoms with Gasteiger partial charge < -0.3 is 14.4 Å². The summed E-state index contributed by atoms with van der Waals surface area (Å²) in [6.45, 7) is 0.0631. The van der Waals surface area contributed by atoms with Crippen LogP contribution in [0.5, 0.6) is 11.5 Å². The Labute approximate surface area is 224 Å². The molecule has 1 saturated heterocycles. The van der Waals surface area contributed by atoms with Gasteiger partial charge in [0.15, 0.2) is 11.5 Å². The van der Waals surface area contributed by atoms with Crippen molar-refractivity contribution in [3.05, 3.63) is 83.7 Å². The van der Waals surface area contributed by atoms with Crippen LogP contribution in [-0.4, -0.2) is 57.8 Å². The fourth-order valence-corrected chi connectivity index (χ4v) is 4.87. The number of carbonyl (C=O) groups is 3. The number of imide groups is 1. The summed E-state index contributed by atoms with van der Waals surface area (Å²) in [7, 11) is -0.957. The summed E-state index contributed by atoms with van der Waals surface area (Å²) in [4.78, 5) is 42.0. The van der Waals surface area contributed by atoms with Crippen molar-refractivity contribution in [3.8, 4) is 11.5 Å². The molecule has 10 nitrogen and oxygen atoms in total. The van der Waals surface area contributed by atoms with Crippen molar-refractivity contribution in [3.63, 3.8) is 0 Å². The largest absolute Gasteiger partial charge is 0.493 e. The molecule has 3 aromatic rings. The van der Waals surface area contributed by atoms with Crippen LogP contribution in [0.3, 0.4) is 0 Å². The second kappa shape index (κ2) is 11.2. The Morgan fingerprint density at radius 1 is 1.00 bits per heavy atom. The Hall–Kier alpha value is -4.29. The van der Waals surface area contributed by atoms with Gasteiger partial charge in [-0.3, -0.25) is 14.4 Å². The van der Waals surface area contributed by atoms with E-state index in [4.69, 9.17) is 14.6 Å². The van der Waals surface area contributed by atoms with Crippen LogP contribution in [0, 0.1) is 5.82 Å². The Bertz CT molecular complexity index is 1510. The lowest BCUT2D eigenvalue weighted by molar-refractivity contribution is -0.122. The molecule has 0 radical (unpaired) electrons. The monoisotopic (exact) mass is 555 g/mol. The summed E-state index contributed by atoms with van der Waals surface area (Å²) in [5, 5.41) is 5.13. The fraction of sp³-hybridized carbons (Fsp3) is 0.222. The molecule has 204 valence electrons. The van der Waals surface area contributed by atoms with Gasteiger partial charge in [0.2, 0.25) is 15.9 Å². The van der Waals surface area contributed by atoms with Crippen molar-refractivity contribution < 1.29 is 36.7 Å². The van der Waals surface area contributed by atoms with Gasteiger partial charge in [-0.05, 0) is 72.6 Å². The minimum absolute atomic E-state index is 0.0631. The Kier molecular flexibility index (Phi) is 7.98. The van der Waals surface area contributed by atoms with Gasteiger partial charge in [-0.15, -0.1) is 0 Å². The quantitative estimate of drug-likeness (QED) is 0.401. The molecular formula is C27H26FN3O7S. The average Bonchev–Trinajstić information content (AvgIpc) is 3.21. The smallest absolute Gasteiger partial charge is 0.257 e. The van der Waals surface area contributed by atoms with Crippen LogP contribution in [0.4, 0.5) is 10.1 Å². The van der Waals surface area contributed by atoms with E-state index in [1.807, 2.05) is 0 Å². The molecule has 1 fully saturated rings. The minimum Gasteiger partial charge on any atom is -0.493 e. The number of nitrogens with zero attached hydrogens (tertiary/aromatic N) is 2. The topological polar surface area (TPSA) is 136 Å². The lowest BCUT2D eigenvalue weighted by Gasteiger charge is -2.28. The van der Waals surface area contributed by atoms with E-state index in [9.17, 15) is 27.2 Å². The molecule has 12 heteroatoms. The molecule has 39 heavy (non-hydrogen) atoms. The zero-order valence-electron chi connectivity index (χ0n) is 21.2. The van der Waals surface area contributed by atoms with Gasteiger partial charge in [0.25, 0.3) is 11.8 Å². The molecule has 3 aromatic carbocycles. The van der Waals surface area contributed by atoms with E-state index >= 15 is 0 Å². The number of amides is 3. The highest BCUT2D eigenvalue weighted by Crippen LogP contribution is 2.30. The molecule has 1 aliphatic heterocycles. The van der Waals surface area contributed by atoms with Crippen LogP contribution in [0.2, 0.25) is 0 Å². The number of nitrogens with two attached hydrogens (primary N) is 1. The van der Waals surface area contributed by atoms with Crippen LogP contribution < -0.4 is 19.5 Å². The molecule has 1 atom stereocenters. The fourth-order valence-electron chi connectivity index (χ4n) is 4.36. The SMILES string of the molecule is COc1ccc(CCN(C(=O)c2ccc(F)cc2)C2CC(=O)N(c3ccc(S(N)(=O)=O)cc3)C2=O)cc1OC. The van der Waals surface area contributed by atoms with E-state index in [0.29, 0.717) is 17.9 Å². The van der Waals surface area contributed by atoms with Gasteiger partial charge in [0, 0.05) is 12.1 Å². The van der Waals surface area contributed by atoms with Crippen molar-refractivity contribution in [1.82, 2.24) is 4.90 Å². The molecule has 0 saturated carbocycles. The molecule has 0 aromatic heterocycles. The minimum atomic E-state index is -3.97. The molecule has 2 N–H and O–H groups in total. The molecule has 0 spiro atoms. The highest BCUT2D eigenvalue weighted by Gasteiger charge is 2.44. The lowest BCUT2D eigenvalue weighted by Crippen LogP contribution is -2.46. The number of carbonyl (C=O) groups excluding carboxylic acids is 3. The number of benzene rings is 3. The van der Waals surface area contributed by atoms with Crippen molar-refractivity contribution >= 4 is 33.4 Å². The first-order valence-corrected chi connectivity index (χ1v) is 13.3. The van der Waals surface area contributed by atoms with E-state index in [1.165, 1.54) is 55.5 Å². The summed E-state index contributed by atoms with van der Waals surface area (Å²) in [5.74, 6) is -1.26. The Balaban J connectivity index is 1.64. The molecule has 1 unspecified atom stereocenters. The van der Waals surface area contributed by atoms with Crippen molar-refractivity contribution in [2.45, 2.75) is 23.8 Å². The Morgan fingerprint density at radius 3 is 2.23 bits per heavy atom. The summed E-state index contributed by atoms with van der Waals surface area (Å²) in [5.41, 5.74) is 1.09. The number of primary sulfonamides is 1. The van der Waals surface area contributed by atoms with Gasteiger partial charge in [-0.2, -0.15) is 0 Å². The van der Waals surface area contributed by atoms with Crippen molar-refractivity contribution in [2.24, 2.45) is 5.14 Å². The van der Waals surface area contributed by atoms with E-state index < -0.39 is 39.6 Å².